The second-order valence-electron chi connectivity index (χ2n) is 4.55. The molecule has 0 aliphatic carbocycles. The van der Waals surface area contributed by atoms with E-state index >= 15 is 0 Å². The van der Waals surface area contributed by atoms with Gasteiger partial charge in [0.2, 0.25) is 0 Å². The third kappa shape index (κ3) is 2.45. The van der Waals surface area contributed by atoms with Gasteiger partial charge in [-0.15, -0.1) is 0 Å². The summed E-state index contributed by atoms with van der Waals surface area (Å²) in [5, 5.41) is 0.574. The summed E-state index contributed by atoms with van der Waals surface area (Å²) < 4.78 is 27.5. The number of nitrogens with zero attached hydrogens (tertiary/aromatic N) is 2. The molecule has 0 unspecified atom stereocenters. The molecule has 0 aliphatic rings. The van der Waals surface area contributed by atoms with Gasteiger partial charge in [0, 0.05) is 10.9 Å². The molecule has 0 saturated carbocycles. The van der Waals surface area contributed by atoms with Gasteiger partial charge >= 0.3 is 0 Å². The van der Waals surface area contributed by atoms with Crippen LogP contribution in [0.2, 0.25) is 10.2 Å². The minimum atomic E-state index is -0.598. The fraction of sp³-hybridized carbons (Fsp3) is 0.0667. The molecule has 0 bridgehead atoms. The van der Waals surface area contributed by atoms with Crippen molar-refractivity contribution in [1.82, 2.24) is 9.97 Å². The van der Waals surface area contributed by atoms with Crippen molar-refractivity contribution in [2.24, 2.45) is 0 Å². The van der Waals surface area contributed by atoms with Crippen molar-refractivity contribution in [3.63, 3.8) is 0 Å². The number of benzene rings is 2. The Kier molecular flexibility index (Phi) is 3.51. The molecule has 0 atom stereocenters. The average Bonchev–Trinajstić information content (AvgIpc) is 2.45. The molecule has 0 radical (unpaired) electrons. The fourth-order valence-electron chi connectivity index (χ4n) is 2.08. The van der Waals surface area contributed by atoms with Crippen LogP contribution >= 0.6 is 23.2 Å². The second-order valence-corrected chi connectivity index (χ2v) is 5.32. The van der Waals surface area contributed by atoms with Crippen molar-refractivity contribution in [2.45, 2.75) is 6.92 Å². The number of hydrogen-bond donors (Lipinski definition) is 0. The smallest absolute Gasteiger partial charge is 0.161 e. The Hall–Kier alpha value is -1.78. The third-order valence-corrected chi connectivity index (χ3v) is 3.72. The average molecular weight is 325 g/mol. The van der Waals surface area contributed by atoms with Crippen LogP contribution in [0, 0.1) is 18.6 Å². The highest BCUT2D eigenvalue weighted by Gasteiger charge is 2.14. The molecule has 3 rings (SSSR count). The van der Waals surface area contributed by atoms with E-state index in [1.807, 2.05) is 0 Å². The first kappa shape index (κ1) is 14.2. The van der Waals surface area contributed by atoms with E-state index in [0.29, 0.717) is 10.9 Å². The number of rotatable bonds is 1. The molecule has 2 aromatic carbocycles. The summed E-state index contributed by atoms with van der Waals surface area (Å²) in [7, 11) is 0. The van der Waals surface area contributed by atoms with Crippen molar-refractivity contribution in [3.05, 3.63) is 57.7 Å². The maximum Gasteiger partial charge on any atom is 0.161 e. The van der Waals surface area contributed by atoms with Gasteiger partial charge in [-0.05, 0) is 36.8 Å². The SMILES string of the molecule is Cc1ccc(F)c2nc(-c3ccc(Cl)c(F)c3)nc(Cl)c12. The first-order chi connectivity index (χ1) is 9.97. The maximum absolute atomic E-state index is 13.9. The van der Waals surface area contributed by atoms with Gasteiger partial charge < -0.3 is 0 Å². The Balaban J connectivity index is 2.30. The van der Waals surface area contributed by atoms with E-state index in [0.717, 1.165) is 5.56 Å². The maximum atomic E-state index is 13.9. The lowest BCUT2D eigenvalue weighted by Gasteiger charge is -2.08. The molecule has 1 aromatic heterocycles. The first-order valence-corrected chi connectivity index (χ1v) is 6.81. The van der Waals surface area contributed by atoms with E-state index in [2.05, 4.69) is 9.97 Å². The molecular weight excluding hydrogens is 317 g/mol. The lowest BCUT2D eigenvalue weighted by atomic mass is 10.1. The molecule has 21 heavy (non-hydrogen) atoms. The Bertz CT molecular complexity index is 866. The van der Waals surface area contributed by atoms with Gasteiger partial charge in [-0.25, -0.2) is 18.7 Å². The zero-order valence-electron chi connectivity index (χ0n) is 10.8. The van der Waals surface area contributed by atoms with Gasteiger partial charge in [0.05, 0.1) is 5.02 Å². The molecule has 0 amide bonds. The minimum Gasteiger partial charge on any atom is -0.225 e. The number of hydrogen-bond acceptors (Lipinski definition) is 2. The Morgan fingerprint density at radius 1 is 0.952 bits per heavy atom. The monoisotopic (exact) mass is 324 g/mol. The lowest BCUT2D eigenvalue weighted by molar-refractivity contribution is 0.628. The Morgan fingerprint density at radius 2 is 1.71 bits per heavy atom. The van der Waals surface area contributed by atoms with Crippen LogP contribution in [0.25, 0.3) is 22.3 Å². The summed E-state index contributed by atoms with van der Waals surface area (Å²) in [6.07, 6.45) is 0. The van der Waals surface area contributed by atoms with Crippen LogP contribution in [0.5, 0.6) is 0 Å². The first-order valence-electron chi connectivity index (χ1n) is 6.05. The van der Waals surface area contributed by atoms with Crippen molar-refractivity contribution in [2.75, 3.05) is 0 Å². The summed E-state index contributed by atoms with van der Waals surface area (Å²) in [6, 6.07) is 7.05. The molecule has 0 N–H and O–H groups in total. The number of aryl methyl sites for hydroxylation is 1. The molecule has 0 aliphatic heterocycles. The molecular formula is C15H8Cl2F2N2. The van der Waals surface area contributed by atoms with Gasteiger partial charge in [-0.3, -0.25) is 0 Å². The lowest BCUT2D eigenvalue weighted by Crippen LogP contribution is -1.96. The summed E-state index contributed by atoms with van der Waals surface area (Å²) in [4.78, 5) is 8.28. The largest absolute Gasteiger partial charge is 0.225 e. The highest BCUT2D eigenvalue weighted by atomic mass is 35.5. The van der Waals surface area contributed by atoms with E-state index in [9.17, 15) is 8.78 Å². The van der Waals surface area contributed by atoms with Crippen LogP contribution in [0.4, 0.5) is 8.78 Å². The highest BCUT2D eigenvalue weighted by molar-refractivity contribution is 6.34. The molecule has 0 spiro atoms. The topological polar surface area (TPSA) is 25.8 Å². The normalized spacial score (nSPS) is 11.1. The quantitative estimate of drug-likeness (QED) is 0.575. The highest BCUT2D eigenvalue weighted by Crippen LogP contribution is 2.29. The zero-order chi connectivity index (χ0) is 15.1. The van der Waals surface area contributed by atoms with Crippen LogP contribution in [-0.2, 0) is 0 Å². The van der Waals surface area contributed by atoms with Crippen LogP contribution in [0.15, 0.2) is 30.3 Å². The summed E-state index contributed by atoms with van der Waals surface area (Å²) in [5.41, 5.74) is 1.26. The van der Waals surface area contributed by atoms with Crippen LogP contribution in [0.1, 0.15) is 5.56 Å². The van der Waals surface area contributed by atoms with E-state index in [-0.39, 0.29) is 21.5 Å². The number of aromatic nitrogens is 2. The summed E-state index contributed by atoms with van der Waals surface area (Å²) in [5.74, 6) is -0.957. The predicted molar refractivity (Wildman–Crippen MR) is 79.6 cm³/mol. The molecule has 0 fully saturated rings. The van der Waals surface area contributed by atoms with Gasteiger partial charge in [-0.1, -0.05) is 29.3 Å². The molecule has 3 aromatic rings. The van der Waals surface area contributed by atoms with Crippen molar-refractivity contribution in [1.29, 1.82) is 0 Å². The number of halogens is 4. The molecule has 0 saturated heterocycles. The zero-order valence-corrected chi connectivity index (χ0v) is 12.3. The van der Waals surface area contributed by atoms with Gasteiger partial charge in [0.1, 0.15) is 22.3 Å². The van der Waals surface area contributed by atoms with Gasteiger partial charge in [-0.2, -0.15) is 0 Å². The van der Waals surface area contributed by atoms with Crippen LogP contribution in [-0.4, -0.2) is 9.97 Å². The fourth-order valence-corrected chi connectivity index (χ4v) is 2.52. The van der Waals surface area contributed by atoms with Crippen LogP contribution < -0.4 is 0 Å². The van der Waals surface area contributed by atoms with E-state index in [4.69, 9.17) is 23.2 Å². The van der Waals surface area contributed by atoms with Gasteiger partial charge in [0.15, 0.2) is 5.82 Å². The minimum absolute atomic E-state index is 0.00680. The molecule has 1 heterocycles. The predicted octanol–water partition coefficient (Wildman–Crippen LogP) is 5.19. The van der Waals surface area contributed by atoms with E-state index in [1.54, 1.807) is 19.1 Å². The third-order valence-electron chi connectivity index (χ3n) is 3.14. The molecule has 6 heteroatoms. The Morgan fingerprint density at radius 3 is 2.43 bits per heavy atom. The molecule has 106 valence electrons. The van der Waals surface area contributed by atoms with Gasteiger partial charge in [0.25, 0.3) is 0 Å². The second kappa shape index (κ2) is 5.20. The number of fused-ring (bicyclic) bond motifs is 1. The summed E-state index contributed by atoms with van der Waals surface area (Å²) in [6.45, 7) is 1.79. The van der Waals surface area contributed by atoms with Crippen molar-refractivity contribution >= 4 is 34.1 Å². The summed E-state index contributed by atoms with van der Waals surface area (Å²) >= 11 is 11.8. The standard InChI is InChI=1S/C15H8Cl2F2N2/c1-7-2-5-10(18)13-12(7)14(17)21-15(20-13)8-3-4-9(16)11(19)6-8/h2-6H,1H3. The van der Waals surface area contributed by atoms with Crippen LogP contribution in [0.3, 0.4) is 0 Å². The molecule has 2 nitrogen and oxygen atoms in total. The van der Waals surface area contributed by atoms with E-state index < -0.39 is 11.6 Å². The van der Waals surface area contributed by atoms with Crippen molar-refractivity contribution in [3.8, 4) is 11.4 Å². The van der Waals surface area contributed by atoms with E-state index in [1.165, 1.54) is 18.2 Å². The van der Waals surface area contributed by atoms with Crippen molar-refractivity contribution < 1.29 is 8.78 Å². The Labute approximate surface area is 129 Å².